The summed E-state index contributed by atoms with van der Waals surface area (Å²) in [4.78, 5) is 11.2. The lowest BCUT2D eigenvalue weighted by molar-refractivity contribution is -0.176. The molecule has 0 aromatic rings. The van der Waals surface area contributed by atoms with E-state index in [1.165, 1.54) is 6.08 Å². The summed E-state index contributed by atoms with van der Waals surface area (Å²) < 4.78 is 15.4. The maximum Gasteiger partial charge on any atom is 0.330 e. The summed E-state index contributed by atoms with van der Waals surface area (Å²) in [5.74, 6) is -0.362. The van der Waals surface area contributed by atoms with E-state index in [0.29, 0.717) is 13.2 Å². The second-order valence-electron chi connectivity index (χ2n) is 3.19. The minimum Gasteiger partial charge on any atom is -0.457 e. The lowest BCUT2D eigenvalue weighted by Gasteiger charge is -2.16. The molecule has 4 nitrogen and oxygen atoms in total. The van der Waals surface area contributed by atoms with Crippen molar-refractivity contribution in [3.63, 3.8) is 0 Å². The normalized spacial score (nSPS) is 10.2. The Labute approximate surface area is 91.2 Å². The van der Waals surface area contributed by atoms with E-state index in [1.807, 2.05) is 27.7 Å². The number of ether oxygens (including phenoxy) is 3. The van der Waals surface area contributed by atoms with E-state index in [1.54, 1.807) is 0 Å². The molecule has 0 atom stereocenters. The Balaban J connectivity index is 3.87. The fourth-order valence-electron chi connectivity index (χ4n) is 0.944. The Hall–Kier alpha value is -0.870. The molecule has 0 aliphatic heterocycles. The summed E-state index contributed by atoms with van der Waals surface area (Å²) in [6.45, 7) is 8.60. The largest absolute Gasteiger partial charge is 0.457 e. The molecule has 4 heteroatoms. The van der Waals surface area contributed by atoms with Gasteiger partial charge in [-0.3, -0.25) is 0 Å². The molecule has 0 radical (unpaired) electrons. The van der Waals surface area contributed by atoms with Crippen LogP contribution in [0.1, 0.15) is 27.7 Å². The maximum atomic E-state index is 11.2. The Morgan fingerprint density at radius 3 is 2.13 bits per heavy atom. The third kappa shape index (κ3) is 8.15. The van der Waals surface area contributed by atoms with E-state index in [-0.39, 0.29) is 12.6 Å². The molecule has 0 aliphatic carbocycles. The predicted octanol–water partition coefficient (Wildman–Crippen LogP) is 1.89. The molecule has 0 amide bonds. The molecule has 0 bridgehead atoms. The highest BCUT2D eigenvalue weighted by molar-refractivity contribution is 5.82. The van der Waals surface area contributed by atoms with Crippen LogP contribution in [0.5, 0.6) is 0 Å². The van der Waals surface area contributed by atoms with Crippen LogP contribution < -0.4 is 0 Å². The van der Waals surface area contributed by atoms with Crippen LogP contribution in [0.15, 0.2) is 11.6 Å². The molecule has 0 unspecified atom stereocenters. The first kappa shape index (κ1) is 14.1. The first-order valence-electron chi connectivity index (χ1n) is 5.15. The van der Waals surface area contributed by atoms with Crippen molar-refractivity contribution in [1.29, 1.82) is 0 Å². The maximum absolute atomic E-state index is 11.2. The minimum atomic E-state index is -0.463. The van der Waals surface area contributed by atoms with Crippen LogP contribution in [0, 0.1) is 0 Å². The quantitative estimate of drug-likeness (QED) is 0.370. The van der Waals surface area contributed by atoms with Gasteiger partial charge in [-0.1, -0.05) is 5.57 Å². The Kier molecular flexibility index (Phi) is 7.95. The number of allylic oxidation sites excluding steroid dienone is 1. The molecule has 0 saturated carbocycles. The third-order valence-electron chi connectivity index (χ3n) is 1.47. The summed E-state index contributed by atoms with van der Waals surface area (Å²) >= 11 is 0. The zero-order valence-electron chi connectivity index (χ0n) is 9.91. The number of carbonyl (C=O) groups is 1. The third-order valence-corrected chi connectivity index (χ3v) is 1.47. The fourth-order valence-corrected chi connectivity index (χ4v) is 0.944. The topological polar surface area (TPSA) is 44.8 Å². The van der Waals surface area contributed by atoms with Gasteiger partial charge < -0.3 is 14.2 Å². The summed E-state index contributed by atoms with van der Waals surface area (Å²) in [5, 5.41) is 0. The SMILES string of the molecule is CCOC(COC(=O)C=C(C)C)OCC. The smallest absolute Gasteiger partial charge is 0.330 e. The predicted molar refractivity (Wildman–Crippen MR) is 57.4 cm³/mol. The van der Waals surface area contributed by atoms with Crippen molar-refractivity contribution < 1.29 is 19.0 Å². The molecule has 0 fully saturated rings. The monoisotopic (exact) mass is 216 g/mol. The molecule has 0 aromatic carbocycles. The van der Waals surface area contributed by atoms with Crippen molar-refractivity contribution in [3.8, 4) is 0 Å². The van der Waals surface area contributed by atoms with Crippen LogP contribution in [0.4, 0.5) is 0 Å². The Morgan fingerprint density at radius 1 is 1.20 bits per heavy atom. The molecular weight excluding hydrogens is 196 g/mol. The van der Waals surface area contributed by atoms with Gasteiger partial charge in [0.15, 0.2) is 6.29 Å². The van der Waals surface area contributed by atoms with Gasteiger partial charge in [0, 0.05) is 19.3 Å². The molecule has 0 aromatic heterocycles. The summed E-state index contributed by atoms with van der Waals surface area (Å²) in [6, 6.07) is 0. The van der Waals surface area contributed by atoms with Crippen molar-refractivity contribution in [2.75, 3.05) is 19.8 Å². The van der Waals surface area contributed by atoms with E-state index < -0.39 is 6.29 Å². The Bertz CT molecular complexity index is 201. The van der Waals surface area contributed by atoms with Gasteiger partial charge in [-0.05, 0) is 27.7 Å². The van der Waals surface area contributed by atoms with Crippen molar-refractivity contribution in [2.24, 2.45) is 0 Å². The number of rotatable bonds is 7. The average Bonchev–Trinajstić information content (AvgIpc) is 2.14. The molecule has 0 N–H and O–H groups in total. The van der Waals surface area contributed by atoms with Crippen LogP contribution in [-0.4, -0.2) is 32.1 Å². The fraction of sp³-hybridized carbons (Fsp3) is 0.727. The van der Waals surface area contributed by atoms with Crippen LogP contribution in [0.2, 0.25) is 0 Å². The van der Waals surface area contributed by atoms with Crippen molar-refractivity contribution in [2.45, 2.75) is 34.0 Å². The molecule has 0 saturated heterocycles. The molecule has 15 heavy (non-hydrogen) atoms. The van der Waals surface area contributed by atoms with Gasteiger partial charge in [-0.15, -0.1) is 0 Å². The van der Waals surface area contributed by atoms with Crippen LogP contribution in [-0.2, 0) is 19.0 Å². The van der Waals surface area contributed by atoms with E-state index in [2.05, 4.69) is 0 Å². The van der Waals surface area contributed by atoms with Gasteiger partial charge >= 0.3 is 5.97 Å². The lowest BCUT2D eigenvalue weighted by Crippen LogP contribution is -2.24. The van der Waals surface area contributed by atoms with Gasteiger partial charge in [0.2, 0.25) is 0 Å². The van der Waals surface area contributed by atoms with Gasteiger partial charge in [0.1, 0.15) is 6.61 Å². The van der Waals surface area contributed by atoms with E-state index in [4.69, 9.17) is 14.2 Å². The van der Waals surface area contributed by atoms with Gasteiger partial charge in [-0.2, -0.15) is 0 Å². The molecule has 0 heterocycles. The van der Waals surface area contributed by atoms with Gasteiger partial charge in [-0.25, -0.2) is 4.79 Å². The highest BCUT2D eigenvalue weighted by atomic mass is 16.7. The zero-order valence-corrected chi connectivity index (χ0v) is 9.91. The van der Waals surface area contributed by atoms with Crippen LogP contribution >= 0.6 is 0 Å². The van der Waals surface area contributed by atoms with Crippen LogP contribution in [0.3, 0.4) is 0 Å². The molecule has 0 rings (SSSR count). The first-order valence-corrected chi connectivity index (χ1v) is 5.15. The highest BCUT2D eigenvalue weighted by Gasteiger charge is 2.10. The van der Waals surface area contributed by atoms with Gasteiger partial charge in [0.05, 0.1) is 0 Å². The lowest BCUT2D eigenvalue weighted by atomic mass is 10.3. The molecule has 0 spiro atoms. The number of hydrogen-bond donors (Lipinski definition) is 0. The van der Waals surface area contributed by atoms with Crippen LogP contribution in [0.25, 0.3) is 0 Å². The first-order chi connectivity index (χ1) is 7.10. The van der Waals surface area contributed by atoms with Crippen molar-refractivity contribution in [3.05, 3.63) is 11.6 Å². The Morgan fingerprint density at radius 2 is 1.73 bits per heavy atom. The van der Waals surface area contributed by atoms with E-state index >= 15 is 0 Å². The summed E-state index contributed by atoms with van der Waals surface area (Å²) in [5.41, 5.74) is 0.907. The summed E-state index contributed by atoms with van der Waals surface area (Å²) in [7, 11) is 0. The minimum absolute atomic E-state index is 0.129. The molecule has 88 valence electrons. The van der Waals surface area contributed by atoms with E-state index in [0.717, 1.165) is 5.57 Å². The second kappa shape index (κ2) is 8.44. The molecular formula is C11H20O4. The standard InChI is InChI=1S/C11H20O4/c1-5-13-11(14-6-2)8-15-10(12)7-9(3)4/h7,11H,5-6,8H2,1-4H3. The van der Waals surface area contributed by atoms with Gasteiger partial charge in [0.25, 0.3) is 0 Å². The van der Waals surface area contributed by atoms with Crippen molar-refractivity contribution >= 4 is 5.97 Å². The van der Waals surface area contributed by atoms with Crippen molar-refractivity contribution in [1.82, 2.24) is 0 Å². The molecule has 0 aliphatic rings. The average molecular weight is 216 g/mol. The number of carbonyl (C=O) groups excluding carboxylic acids is 1. The number of esters is 1. The van der Waals surface area contributed by atoms with E-state index in [9.17, 15) is 4.79 Å². The zero-order chi connectivity index (χ0) is 11.7. The highest BCUT2D eigenvalue weighted by Crippen LogP contribution is 1.98. The number of hydrogen-bond acceptors (Lipinski definition) is 4. The second-order valence-corrected chi connectivity index (χ2v) is 3.19. The summed E-state index contributed by atoms with van der Waals surface area (Å²) in [6.07, 6.45) is 0.976.